The van der Waals surface area contributed by atoms with Crippen LogP contribution in [0, 0.1) is 0 Å². The van der Waals surface area contributed by atoms with Crippen LogP contribution in [0.5, 0.6) is 0 Å². The summed E-state index contributed by atoms with van der Waals surface area (Å²) in [5.41, 5.74) is 3.40. The number of unbranched alkanes of at least 4 members (excludes halogenated alkanes) is 9. The molecule has 2 aromatic rings. The highest BCUT2D eigenvalue weighted by Gasteiger charge is 2.37. The summed E-state index contributed by atoms with van der Waals surface area (Å²) in [6.45, 7) is 11.7. The number of para-hydroxylation sites is 1. The average Bonchev–Trinajstić information content (AvgIpc) is 2.94. The van der Waals surface area contributed by atoms with E-state index in [4.69, 9.17) is 4.84 Å². The van der Waals surface area contributed by atoms with E-state index in [2.05, 4.69) is 45.8 Å². The molecule has 6 heteroatoms. The third-order valence-corrected chi connectivity index (χ3v) is 8.52. The van der Waals surface area contributed by atoms with Crippen molar-refractivity contribution in [2.24, 2.45) is 5.16 Å². The number of carbonyl (C=O) groups excluding carboxylic acids is 1. The van der Waals surface area contributed by atoms with E-state index < -0.39 is 11.9 Å². The van der Waals surface area contributed by atoms with Crippen LogP contribution < -0.4 is 4.90 Å². The molecule has 1 aliphatic carbocycles. The second-order valence-corrected chi connectivity index (χ2v) is 12.7. The van der Waals surface area contributed by atoms with Gasteiger partial charge in [0.15, 0.2) is 0 Å². The largest absolute Gasteiger partial charge is 0.478 e. The van der Waals surface area contributed by atoms with Crippen molar-refractivity contribution in [2.45, 2.75) is 122 Å². The van der Waals surface area contributed by atoms with Crippen LogP contribution in [-0.4, -0.2) is 29.8 Å². The van der Waals surface area contributed by atoms with Gasteiger partial charge < -0.3 is 9.94 Å². The number of carboxylic acids is 1. The summed E-state index contributed by atoms with van der Waals surface area (Å²) in [6.07, 6.45) is 15.6. The zero-order chi connectivity index (χ0) is 29.9. The fourth-order valence-corrected chi connectivity index (χ4v) is 5.80. The summed E-state index contributed by atoms with van der Waals surface area (Å²) in [6, 6.07) is 12.6. The molecule has 0 saturated carbocycles. The lowest BCUT2D eigenvalue weighted by molar-refractivity contribution is -0.111. The van der Waals surface area contributed by atoms with E-state index in [-0.39, 0.29) is 16.4 Å². The molecule has 0 spiro atoms. The second-order valence-electron chi connectivity index (χ2n) is 12.7. The third-order valence-electron chi connectivity index (χ3n) is 8.52. The minimum Gasteiger partial charge on any atom is -0.478 e. The molecule has 3 rings (SSSR count). The highest BCUT2D eigenvalue weighted by atomic mass is 16.6. The lowest BCUT2D eigenvalue weighted by Crippen LogP contribution is -2.35. The van der Waals surface area contributed by atoms with Crippen molar-refractivity contribution in [2.75, 3.05) is 11.5 Å². The molecule has 0 fully saturated rings. The average molecular weight is 563 g/mol. The molecule has 0 saturated heterocycles. The van der Waals surface area contributed by atoms with E-state index in [1.165, 1.54) is 73.5 Å². The van der Waals surface area contributed by atoms with Crippen molar-refractivity contribution < 1.29 is 19.5 Å². The molecule has 0 unspecified atom stereocenters. The number of fused-ring (bicyclic) bond motifs is 1. The van der Waals surface area contributed by atoms with Gasteiger partial charge in [-0.05, 0) is 71.9 Å². The standard InChI is InChI=1S/C35H50N2O4/c1-6-7-8-9-10-11-12-13-14-17-24-41-36-26-32(38)37(31-19-16-15-18-28(31)33(39)40)27-20-21-29-30(25-27)35(4,5)23-22-34(29,2)3/h15-16,18-21,25-26H,6-14,17,22-24H2,1-5H3,(H,39,40). The maximum atomic E-state index is 13.6. The summed E-state index contributed by atoms with van der Waals surface area (Å²) >= 11 is 0. The molecule has 0 aromatic heterocycles. The lowest BCUT2D eigenvalue weighted by atomic mass is 9.63. The summed E-state index contributed by atoms with van der Waals surface area (Å²) in [7, 11) is 0. The fourth-order valence-electron chi connectivity index (χ4n) is 5.80. The molecule has 0 bridgehead atoms. The van der Waals surface area contributed by atoms with Crippen molar-refractivity contribution in [3.05, 3.63) is 59.2 Å². The van der Waals surface area contributed by atoms with Crippen LogP contribution in [0.3, 0.4) is 0 Å². The predicted octanol–water partition coefficient (Wildman–Crippen LogP) is 9.32. The van der Waals surface area contributed by atoms with Gasteiger partial charge in [-0.25, -0.2) is 4.79 Å². The first-order valence-corrected chi connectivity index (χ1v) is 15.6. The molecule has 6 nitrogen and oxygen atoms in total. The predicted molar refractivity (Wildman–Crippen MR) is 169 cm³/mol. The SMILES string of the molecule is CCCCCCCCCCCCON=CC(=O)N(c1ccc2c(c1)C(C)(C)CCC2(C)C)c1ccccc1C(=O)O. The van der Waals surface area contributed by atoms with Gasteiger partial charge in [-0.1, -0.05) is 109 Å². The van der Waals surface area contributed by atoms with Crippen LogP contribution in [0.4, 0.5) is 11.4 Å². The highest BCUT2D eigenvalue weighted by Crippen LogP contribution is 2.47. The van der Waals surface area contributed by atoms with Crippen molar-refractivity contribution in [3.63, 3.8) is 0 Å². The first-order valence-electron chi connectivity index (χ1n) is 15.6. The van der Waals surface area contributed by atoms with E-state index in [0.29, 0.717) is 18.0 Å². The highest BCUT2D eigenvalue weighted by molar-refractivity contribution is 6.35. The van der Waals surface area contributed by atoms with Crippen LogP contribution >= 0.6 is 0 Å². The Bertz CT molecular complexity index is 1180. The minimum absolute atomic E-state index is 0.0289. The van der Waals surface area contributed by atoms with Crippen LogP contribution in [0.15, 0.2) is 47.6 Å². The van der Waals surface area contributed by atoms with Gasteiger partial charge in [0, 0.05) is 5.69 Å². The first-order chi connectivity index (χ1) is 19.6. The molecular weight excluding hydrogens is 512 g/mol. The van der Waals surface area contributed by atoms with Crippen LogP contribution in [0.1, 0.15) is 133 Å². The minimum atomic E-state index is -1.09. The van der Waals surface area contributed by atoms with E-state index in [0.717, 1.165) is 31.9 Å². The van der Waals surface area contributed by atoms with E-state index in [1.54, 1.807) is 18.2 Å². The fraction of sp³-hybridized carbons (Fsp3) is 0.571. The van der Waals surface area contributed by atoms with Crippen molar-refractivity contribution in [1.29, 1.82) is 0 Å². The number of nitrogens with zero attached hydrogens (tertiary/aromatic N) is 2. The van der Waals surface area contributed by atoms with Gasteiger partial charge in [0.2, 0.25) is 0 Å². The molecule has 0 heterocycles. The number of aromatic carboxylic acids is 1. The summed E-state index contributed by atoms with van der Waals surface area (Å²) in [5.74, 6) is -1.54. The van der Waals surface area contributed by atoms with Gasteiger partial charge >= 0.3 is 5.97 Å². The molecule has 1 amide bonds. The number of carbonyl (C=O) groups is 2. The van der Waals surface area contributed by atoms with Crippen LogP contribution in [0.25, 0.3) is 0 Å². The zero-order valence-electron chi connectivity index (χ0n) is 25.9. The van der Waals surface area contributed by atoms with Gasteiger partial charge in [0.05, 0.1) is 11.3 Å². The van der Waals surface area contributed by atoms with Crippen molar-refractivity contribution >= 4 is 29.5 Å². The van der Waals surface area contributed by atoms with Crippen molar-refractivity contribution in [3.8, 4) is 0 Å². The smallest absolute Gasteiger partial charge is 0.337 e. The topological polar surface area (TPSA) is 79.2 Å². The number of anilines is 2. The molecule has 1 N–H and O–H groups in total. The summed E-state index contributed by atoms with van der Waals surface area (Å²) < 4.78 is 0. The van der Waals surface area contributed by atoms with Gasteiger partial charge in [-0.15, -0.1) is 0 Å². The van der Waals surface area contributed by atoms with Crippen molar-refractivity contribution in [1.82, 2.24) is 0 Å². The Labute approximate surface area is 247 Å². The monoisotopic (exact) mass is 562 g/mol. The molecule has 0 aliphatic heterocycles. The van der Waals surface area contributed by atoms with Crippen LogP contribution in [0.2, 0.25) is 0 Å². The number of hydrogen-bond acceptors (Lipinski definition) is 4. The number of rotatable bonds is 16. The summed E-state index contributed by atoms with van der Waals surface area (Å²) in [5, 5.41) is 13.9. The van der Waals surface area contributed by atoms with E-state index >= 15 is 0 Å². The van der Waals surface area contributed by atoms with Gasteiger partial charge in [0.25, 0.3) is 5.91 Å². The Morgan fingerprint density at radius 1 is 0.854 bits per heavy atom. The summed E-state index contributed by atoms with van der Waals surface area (Å²) in [4.78, 5) is 32.5. The number of benzene rings is 2. The Morgan fingerprint density at radius 2 is 1.44 bits per heavy atom. The Kier molecular flexibility index (Phi) is 12.0. The molecular formula is C35H50N2O4. The Balaban J connectivity index is 1.69. The molecule has 41 heavy (non-hydrogen) atoms. The maximum absolute atomic E-state index is 13.6. The number of carboxylic acid groups (broad SMARTS) is 1. The molecule has 224 valence electrons. The quantitative estimate of drug-likeness (QED) is 0.126. The second kappa shape index (κ2) is 15.2. The lowest BCUT2D eigenvalue weighted by Gasteiger charge is -2.42. The normalized spacial score (nSPS) is 15.4. The maximum Gasteiger partial charge on any atom is 0.337 e. The Morgan fingerprint density at radius 3 is 2.07 bits per heavy atom. The zero-order valence-corrected chi connectivity index (χ0v) is 25.9. The van der Waals surface area contributed by atoms with E-state index in [1.807, 2.05) is 12.1 Å². The number of oxime groups is 1. The van der Waals surface area contributed by atoms with Gasteiger partial charge in [-0.2, -0.15) is 0 Å². The Hall–Kier alpha value is -3.15. The van der Waals surface area contributed by atoms with Crippen LogP contribution in [-0.2, 0) is 20.5 Å². The molecule has 1 aliphatic rings. The van der Waals surface area contributed by atoms with E-state index in [9.17, 15) is 14.7 Å². The molecule has 2 aromatic carbocycles. The number of amides is 1. The third kappa shape index (κ3) is 8.92. The molecule has 0 radical (unpaired) electrons. The van der Waals surface area contributed by atoms with Gasteiger partial charge in [-0.3, -0.25) is 9.69 Å². The number of hydrogen-bond donors (Lipinski definition) is 1. The molecule has 0 atom stereocenters. The first kappa shape index (κ1) is 32.4. The van der Waals surface area contributed by atoms with Gasteiger partial charge in [0.1, 0.15) is 12.8 Å².